The van der Waals surface area contributed by atoms with E-state index >= 15 is 0 Å². The lowest BCUT2D eigenvalue weighted by atomic mass is 9.77. The van der Waals surface area contributed by atoms with Crippen molar-refractivity contribution >= 4 is 12.0 Å². The molecule has 1 aliphatic heterocycles. The highest BCUT2D eigenvalue weighted by atomic mass is 16.4. The number of carboxylic acids is 1. The second-order valence-electron chi connectivity index (χ2n) is 6.48. The molecule has 2 fully saturated rings. The Bertz CT molecular complexity index is 354. The molecule has 5 heteroatoms. The van der Waals surface area contributed by atoms with Crippen LogP contribution in [0.3, 0.4) is 0 Å². The molecule has 2 aliphatic rings. The molecule has 2 amide bonds. The Morgan fingerprint density at radius 2 is 1.80 bits per heavy atom. The van der Waals surface area contributed by atoms with Crippen LogP contribution in [0.25, 0.3) is 0 Å². The fourth-order valence-corrected chi connectivity index (χ4v) is 3.52. The second kappa shape index (κ2) is 6.46. The number of rotatable bonds is 4. The number of nitrogens with zero attached hydrogens (tertiary/aromatic N) is 1. The van der Waals surface area contributed by atoms with Gasteiger partial charge in [0.1, 0.15) is 0 Å². The topological polar surface area (TPSA) is 69.6 Å². The van der Waals surface area contributed by atoms with E-state index in [9.17, 15) is 9.59 Å². The first-order valence-electron chi connectivity index (χ1n) is 7.78. The largest absolute Gasteiger partial charge is 0.481 e. The lowest BCUT2D eigenvalue weighted by Gasteiger charge is -2.39. The van der Waals surface area contributed by atoms with Gasteiger partial charge in [-0.15, -0.1) is 0 Å². The zero-order chi connectivity index (χ0) is 14.6. The van der Waals surface area contributed by atoms with E-state index in [1.54, 1.807) is 0 Å². The Balaban J connectivity index is 1.72. The summed E-state index contributed by atoms with van der Waals surface area (Å²) in [6.45, 7) is 3.55. The van der Waals surface area contributed by atoms with Gasteiger partial charge in [0.05, 0.1) is 0 Å². The molecule has 0 aromatic heterocycles. The van der Waals surface area contributed by atoms with Crippen LogP contribution in [-0.4, -0.2) is 41.1 Å². The zero-order valence-corrected chi connectivity index (χ0v) is 12.4. The average Bonchev–Trinajstić information content (AvgIpc) is 2.85. The minimum Gasteiger partial charge on any atom is -0.481 e. The van der Waals surface area contributed by atoms with Crippen LogP contribution in [-0.2, 0) is 4.79 Å². The van der Waals surface area contributed by atoms with Gasteiger partial charge in [-0.05, 0) is 44.4 Å². The molecule has 114 valence electrons. The molecule has 1 heterocycles. The van der Waals surface area contributed by atoms with Crippen LogP contribution in [0.5, 0.6) is 0 Å². The minimum absolute atomic E-state index is 0.0317. The van der Waals surface area contributed by atoms with Gasteiger partial charge in [-0.1, -0.05) is 12.8 Å². The molecule has 1 atom stereocenters. The maximum atomic E-state index is 12.1. The molecule has 20 heavy (non-hydrogen) atoms. The van der Waals surface area contributed by atoms with Crippen LogP contribution in [0, 0.1) is 5.41 Å². The number of hydrogen-bond acceptors (Lipinski definition) is 2. The summed E-state index contributed by atoms with van der Waals surface area (Å²) in [5, 5.41) is 11.5. The van der Waals surface area contributed by atoms with Gasteiger partial charge >= 0.3 is 12.0 Å². The van der Waals surface area contributed by atoms with E-state index in [-0.39, 0.29) is 18.5 Å². The lowest BCUT2D eigenvalue weighted by Crippen LogP contribution is -2.49. The summed E-state index contributed by atoms with van der Waals surface area (Å²) in [6.07, 6.45) is 8.20. The standard InChI is InChI=1S/C15H26N2O3/c1-12(4-5-13(18)19)16-14(20)17-10-8-15(9-11-17)6-2-3-7-15/h12H,2-11H2,1H3,(H,16,20)(H,18,19). The van der Waals surface area contributed by atoms with Crippen LogP contribution < -0.4 is 5.32 Å². The van der Waals surface area contributed by atoms with Crippen LogP contribution in [0.15, 0.2) is 0 Å². The molecule has 2 rings (SSSR count). The molecule has 0 aromatic carbocycles. The summed E-state index contributed by atoms with van der Waals surface area (Å²) >= 11 is 0. The summed E-state index contributed by atoms with van der Waals surface area (Å²) in [6, 6.07) is -0.114. The molecule has 1 aliphatic carbocycles. The maximum absolute atomic E-state index is 12.1. The first-order valence-corrected chi connectivity index (χ1v) is 7.78. The third-order valence-corrected chi connectivity index (χ3v) is 4.94. The van der Waals surface area contributed by atoms with E-state index in [1.807, 2.05) is 11.8 Å². The molecule has 1 unspecified atom stereocenters. The van der Waals surface area contributed by atoms with Gasteiger partial charge in [0.25, 0.3) is 0 Å². The van der Waals surface area contributed by atoms with Gasteiger partial charge in [-0.3, -0.25) is 4.79 Å². The van der Waals surface area contributed by atoms with E-state index in [0.29, 0.717) is 11.8 Å². The monoisotopic (exact) mass is 282 g/mol. The van der Waals surface area contributed by atoms with Gasteiger partial charge in [0.2, 0.25) is 0 Å². The van der Waals surface area contributed by atoms with Crippen molar-refractivity contribution in [3.63, 3.8) is 0 Å². The van der Waals surface area contributed by atoms with E-state index in [1.165, 1.54) is 25.7 Å². The van der Waals surface area contributed by atoms with Crippen molar-refractivity contribution in [3.8, 4) is 0 Å². The summed E-state index contributed by atoms with van der Waals surface area (Å²) in [5.74, 6) is -0.813. The SMILES string of the molecule is CC(CCC(=O)O)NC(=O)N1CCC2(CCCC2)CC1. The van der Waals surface area contributed by atoms with Gasteiger partial charge in [0, 0.05) is 25.6 Å². The van der Waals surface area contributed by atoms with Gasteiger partial charge < -0.3 is 15.3 Å². The molecule has 0 aromatic rings. The molecular formula is C15H26N2O3. The van der Waals surface area contributed by atoms with Crippen molar-refractivity contribution in [2.45, 2.75) is 64.3 Å². The molecule has 1 saturated heterocycles. The zero-order valence-electron chi connectivity index (χ0n) is 12.4. The number of likely N-dealkylation sites (tertiary alicyclic amines) is 1. The lowest BCUT2D eigenvalue weighted by molar-refractivity contribution is -0.137. The predicted molar refractivity (Wildman–Crippen MR) is 76.6 cm³/mol. The Morgan fingerprint density at radius 1 is 1.20 bits per heavy atom. The first-order chi connectivity index (χ1) is 9.51. The van der Waals surface area contributed by atoms with Crippen LogP contribution in [0.2, 0.25) is 0 Å². The Kier molecular flexibility index (Phi) is 4.89. The van der Waals surface area contributed by atoms with Crippen molar-refractivity contribution in [2.24, 2.45) is 5.41 Å². The van der Waals surface area contributed by atoms with E-state index in [4.69, 9.17) is 5.11 Å². The molecule has 2 N–H and O–H groups in total. The van der Waals surface area contributed by atoms with Crippen molar-refractivity contribution < 1.29 is 14.7 Å². The number of carbonyl (C=O) groups excluding carboxylic acids is 1. The molecular weight excluding hydrogens is 256 g/mol. The van der Waals surface area contributed by atoms with Gasteiger partial charge in [-0.25, -0.2) is 4.79 Å². The number of nitrogens with one attached hydrogen (secondary N) is 1. The summed E-state index contributed by atoms with van der Waals surface area (Å²) < 4.78 is 0. The normalized spacial score (nSPS) is 22.8. The number of hydrogen-bond donors (Lipinski definition) is 2. The summed E-state index contributed by atoms with van der Waals surface area (Å²) in [4.78, 5) is 24.5. The van der Waals surface area contributed by atoms with Gasteiger partial charge in [-0.2, -0.15) is 0 Å². The smallest absolute Gasteiger partial charge is 0.317 e. The minimum atomic E-state index is -0.813. The number of aliphatic carboxylic acids is 1. The highest BCUT2D eigenvalue weighted by Crippen LogP contribution is 2.46. The van der Waals surface area contributed by atoms with Crippen LogP contribution >= 0.6 is 0 Å². The molecule has 0 radical (unpaired) electrons. The van der Waals surface area contributed by atoms with Crippen molar-refractivity contribution in [1.29, 1.82) is 0 Å². The summed E-state index contributed by atoms with van der Waals surface area (Å²) in [7, 11) is 0. The quantitative estimate of drug-likeness (QED) is 0.832. The molecule has 0 bridgehead atoms. The van der Waals surface area contributed by atoms with Crippen molar-refractivity contribution in [1.82, 2.24) is 10.2 Å². The third kappa shape index (κ3) is 3.87. The highest BCUT2D eigenvalue weighted by molar-refractivity contribution is 5.74. The molecule has 5 nitrogen and oxygen atoms in total. The first kappa shape index (κ1) is 15.1. The van der Waals surface area contributed by atoms with Crippen molar-refractivity contribution in [3.05, 3.63) is 0 Å². The average molecular weight is 282 g/mol. The van der Waals surface area contributed by atoms with Crippen LogP contribution in [0.4, 0.5) is 4.79 Å². The fourth-order valence-electron chi connectivity index (χ4n) is 3.52. The van der Waals surface area contributed by atoms with E-state index in [0.717, 1.165) is 25.9 Å². The Hall–Kier alpha value is -1.26. The number of piperidine rings is 1. The summed E-state index contributed by atoms with van der Waals surface area (Å²) in [5.41, 5.74) is 0.520. The molecule has 1 saturated carbocycles. The number of amides is 2. The van der Waals surface area contributed by atoms with Crippen LogP contribution in [0.1, 0.15) is 58.3 Å². The fraction of sp³-hybridized carbons (Fsp3) is 0.867. The predicted octanol–water partition coefficient (Wildman–Crippen LogP) is 2.61. The highest BCUT2D eigenvalue weighted by Gasteiger charge is 2.37. The van der Waals surface area contributed by atoms with E-state index < -0.39 is 5.97 Å². The third-order valence-electron chi connectivity index (χ3n) is 4.94. The number of carbonyl (C=O) groups is 2. The molecule has 1 spiro atoms. The Morgan fingerprint density at radius 3 is 2.35 bits per heavy atom. The van der Waals surface area contributed by atoms with Gasteiger partial charge in [0.15, 0.2) is 0 Å². The Labute approximate surface area is 120 Å². The van der Waals surface area contributed by atoms with E-state index in [2.05, 4.69) is 5.32 Å². The number of urea groups is 1. The van der Waals surface area contributed by atoms with Crippen molar-refractivity contribution in [2.75, 3.05) is 13.1 Å². The number of carboxylic acid groups (broad SMARTS) is 1. The maximum Gasteiger partial charge on any atom is 0.317 e. The second-order valence-corrected chi connectivity index (χ2v) is 6.48.